The van der Waals surface area contributed by atoms with E-state index in [4.69, 9.17) is 11.5 Å². The topological polar surface area (TPSA) is 52.0 Å². The van der Waals surface area contributed by atoms with E-state index in [1.165, 1.54) is 33.4 Å². The standard InChI is InChI=1S/C29H30N2/c1-20(26-11-15-28(30)16-12-26)24-7-3-22(4-8-24)19-23-5-9-25(10-6-23)21(2)27-13-17-29(31)18-14-27/h3-18,20-21H,19,30-31H2,1-2H3. The Morgan fingerprint density at radius 3 is 1.00 bits per heavy atom. The molecule has 0 aliphatic carbocycles. The highest BCUT2D eigenvalue weighted by Crippen LogP contribution is 2.27. The molecule has 4 rings (SSSR count). The Labute approximate surface area is 185 Å². The molecule has 2 atom stereocenters. The van der Waals surface area contributed by atoms with Crippen molar-refractivity contribution in [2.24, 2.45) is 0 Å². The van der Waals surface area contributed by atoms with Crippen LogP contribution in [-0.4, -0.2) is 0 Å². The van der Waals surface area contributed by atoms with Gasteiger partial charge in [-0.1, -0.05) is 86.6 Å². The molecule has 0 heterocycles. The van der Waals surface area contributed by atoms with Crippen molar-refractivity contribution >= 4 is 11.4 Å². The molecule has 0 saturated carbocycles. The summed E-state index contributed by atoms with van der Waals surface area (Å²) < 4.78 is 0. The van der Waals surface area contributed by atoms with E-state index in [9.17, 15) is 0 Å². The maximum atomic E-state index is 5.81. The van der Waals surface area contributed by atoms with Gasteiger partial charge in [-0.3, -0.25) is 0 Å². The lowest BCUT2D eigenvalue weighted by Gasteiger charge is -2.14. The highest BCUT2D eigenvalue weighted by Gasteiger charge is 2.10. The number of rotatable bonds is 6. The number of hydrogen-bond acceptors (Lipinski definition) is 2. The third-order valence-corrected chi connectivity index (χ3v) is 6.24. The minimum absolute atomic E-state index is 0.351. The van der Waals surface area contributed by atoms with E-state index >= 15 is 0 Å². The fourth-order valence-corrected chi connectivity index (χ4v) is 4.04. The monoisotopic (exact) mass is 406 g/mol. The van der Waals surface area contributed by atoms with Gasteiger partial charge in [0.2, 0.25) is 0 Å². The molecule has 156 valence electrons. The molecular formula is C29H30N2. The van der Waals surface area contributed by atoms with Gasteiger partial charge in [-0.2, -0.15) is 0 Å². The summed E-state index contributed by atoms with van der Waals surface area (Å²) in [5.41, 5.74) is 21.1. The predicted molar refractivity (Wildman–Crippen MR) is 132 cm³/mol. The van der Waals surface area contributed by atoms with Crippen LogP contribution in [0.15, 0.2) is 97.1 Å². The third kappa shape index (κ3) is 4.97. The number of nitrogens with two attached hydrogens (primary N) is 2. The lowest BCUT2D eigenvalue weighted by Crippen LogP contribution is -1.98. The van der Waals surface area contributed by atoms with E-state index in [0.29, 0.717) is 11.8 Å². The number of hydrogen-bond donors (Lipinski definition) is 2. The molecule has 4 N–H and O–H groups in total. The van der Waals surface area contributed by atoms with Crippen molar-refractivity contribution in [3.8, 4) is 0 Å². The van der Waals surface area contributed by atoms with Gasteiger partial charge in [-0.25, -0.2) is 0 Å². The third-order valence-electron chi connectivity index (χ3n) is 6.24. The SMILES string of the molecule is CC(c1ccc(N)cc1)c1ccc(Cc2ccc(C(C)c3ccc(N)cc3)cc2)cc1. The molecule has 0 amide bonds. The van der Waals surface area contributed by atoms with Crippen LogP contribution >= 0.6 is 0 Å². The van der Waals surface area contributed by atoms with Gasteiger partial charge >= 0.3 is 0 Å². The van der Waals surface area contributed by atoms with Crippen molar-refractivity contribution < 1.29 is 0 Å². The van der Waals surface area contributed by atoms with E-state index in [1.54, 1.807) is 0 Å². The fourth-order valence-electron chi connectivity index (χ4n) is 4.04. The molecule has 0 aromatic heterocycles. The molecule has 0 spiro atoms. The number of benzene rings is 4. The molecule has 4 aromatic carbocycles. The lowest BCUT2D eigenvalue weighted by molar-refractivity contribution is 0.918. The van der Waals surface area contributed by atoms with Gasteiger partial charge in [0.1, 0.15) is 0 Å². The zero-order valence-electron chi connectivity index (χ0n) is 18.3. The van der Waals surface area contributed by atoms with E-state index in [-0.39, 0.29) is 0 Å². The van der Waals surface area contributed by atoms with Crippen LogP contribution in [0, 0.1) is 0 Å². The molecule has 2 heteroatoms. The molecule has 0 radical (unpaired) electrons. The average Bonchev–Trinajstić information content (AvgIpc) is 2.80. The van der Waals surface area contributed by atoms with Crippen LogP contribution in [0.25, 0.3) is 0 Å². The summed E-state index contributed by atoms with van der Waals surface area (Å²) in [7, 11) is 0. The summed E-state index contributed by atoms with van der Waals surface area (Å²) in [5.74, 6) is 0.701. The smallest absolute Gasteiger partial charge is 0.0314 e. The maximum absolute atomic E-state index is 5.81. The number of nitrogen functional groups attached to an aromatic ring is 2. The maximum Gasteiger partial charge on any atom is 0.0314 e. The minimum Gasteiger partial charge on any atom is -0.399 e. The van der Waals surface area contributed by atoms with Gasteiger partial charge < -0.3 is 11.5 Å². The Bertz CT molecular complexity index is 1020. The summed E-state index contributed by atoms with van der Waals surface area (Å²) >= 11 is 0. The van der Waals surface area contributed by atoms with Crippen LogP contribution in [0.3, 0.4) is 0 Å². The second-order valence-corrected chi connectivity index (χ2v) is 8.44. The summed E-state index contributed by atoms with van der Waals surface area (Å²) in [5, 5.41) is 0. The van der Waals surface area contributed by atoms with Crippen molar-refractivity contribution in [3.05, 3.63) is 130 Å². The molecule has 0 aliphatic rings. The zero-order chi connectivity index (χ0) is 21.8. The molecule has 0 saturated heterocycles. The molecule has 0 bridgehead atoms. The Balaban J connectivity index is 1.42. The van der Waals surface area contributed by atoms with E-state index in [1.807, 2.05) is 24.3 Å². The van der Waals surface area contributed by atoms with Crippen molar-refractivity contribution in [2.75, 3.05) is 11.5 Å². The lowest BCUT2D eigenvalue weighted by atomic mass is 9.90. The summed E-state index contributed by atoms with van der Waals surface area (Å²) in [6.07, 6.45) is 0.938. The quantitative estimate of drug-likeness (QED) is 0.348. The first-order valence-corrected chi connectivity index (χ1v) is 10.9. The van der Waals surface area contributed by atoms with Crippen LogP contribution in [0.5, 0.6) is 0 Å². The van der Waals surface area contributed by atoms with Crippen LogP contribution in [0.4, 0.5) is 11.4 Å². The first-order chi connectivity index (χ1) is 15.0. The molecule has 31 heavy (non-hydrogen) atoms. The van der Waals surface area contributed by atoms with E-state index in [2.05, 4.69) is 86.6 Å². The molecule has 2 unspecified atom stereocenters. The van der Waals surface area contributed by atoms with Gasteiger partial charge in [0.15, 0.2) is 0 Å². The minimum atomic E-state index is 0.351. The number of anilines is 2. The Hall–Kier alpha value is -3.52. The zero-order valence-corrected chi connectivity index (χ0v) is 18.3. The highest BCUT2D eigenvalue weighted by molar-refractivity contribution is 5.44. The fraction of sp³-hybridized carbons (Fsp3) is 0.172. The van der Waals surface area contributed by atoms with Gasteiger partial charge in [0, 0.05) is 23.2 Å². The molecule has 2 nitrogen and oxygen atoms in total. The summed E-state index contributed by atoms with van der Waals surface area (Å²) in [6, 6.07) is 34.3. The molecule has 0 aliphatic heterocycles. The largest absolute Gasteiger partial charge is 0.399 e. The van der Waals surface area contributed by atoms with Gasteiger partial charge in [0.05, 0.1) is 0 Å². The van der Waals surface area contributed by atoms with Crippen molar-refractivity contribution in [3.63, 3.8) is 0 Å². The predicted octanol–water partition coefficient (Wildman–Crippen LogP) is 6.75. The Morgan fingerprint density at radius 1 is 0.452 bits per heavy atom. The molecule has 4 aromatic rings. The summed E-state index contributed by atoms with van der Waals surface area (Å²) in [4.78, 5) is 0. The second kappa shape index (κ2) is 9.09. The Kier molecular flexibility index (Phi) is 6.08. The first kappa shape index (κ1) is 20.7. The van der Waals surface area contributed by atoms with Crippen LogP contribution in [0.1, 0.15) is 59.1 Å². The second-order valence-electron chi connectivity index (χ2n) is 8.44. The normalized spacial score (nSPS) is 13.0. The van der Waals surface area contributed by atoms with E-state index in [0.717, 1.165) is 17.8 Å². The molecular weight excluding hydrogens is 376 g/mol. The van der Waals surface area contributed by atoms with Crippen LogP contribution in [-0.2, 0) is 6.42 Å². The van der Waals surface area contributed by atoms with Crippen molar-refractivity contribution in [1.29, 1.82) is 0 Å². The van der Waals surface area contributed by atoms with Gasteiger partial charge in [0.25, 0.3) is 0 Å². The summed E-state index contributed by atoms with van der Waals surface area (Å²) in [6.45, 7) is 4.48. The van der Waals surface area contributed by atoms with Crippen LogP contribution < -0.4 is 11.5 Å². The first-order valence-electron chi connectivity index (χ1n) is 10.9. The molecule has 0 fully saturated rings. The van der Waals surface area contributed by atoms with Gasteiger partial charge in [-0.15, -0.1) is 0 Å². The van der Waals surface area contributed by atoms with E-state index < -0.39 is 0 Å². The van der Waals surface area contributed by atoms with Crippen molar-refractivity contribution in [2.45, 2.75) is 32.1 Å². The van der Waals surface area contributed by atoms with Crippen molar-refractivity contribution in [1.82, 2.24) is 0 Å². The van der Waals surface area contributed by atoms with Gasteiger partial charge in [-0.05, 0) is 64.1 Å². The average molecular weight is 407 g/mol. The van der Waals surface area contributed by atoms with Crippen LogP contribution in [0.2, 0.25) is 0 Å². The Morgan fingerprint density at radius 2 is 0.710 bits per heavy atom. The highest BCUT2D eigenvalue weighted by atomic mass is 14.5.